The van der Waals surface area contributed by atoms with E-state index in [-0.39, 0.29) is 0 Å². The highest BCUT2D eigenvalue weighted by atomic mass is 16.5. The molecule has 3 aromatic carbocycles. The highest BCUT2D eigenvalue weighted by molar-refractivity contribution is 5.95. The number of aromatic nitrogens is 2. The number of benzene rings is 3. The molecule has 4 aromatic rings. The Bertz CT molecular complexity index is 1410. The lowest BCUT2D eigenvalue weighted by Gasteiger charge is -2.32. The van der Waals surface area contributed by atoms with Crippen molar-refractivity contribution >= 4 is 16.5 Å². The van der Waals surface area contributed by atoms with Gasteiger partial charge in [-0.3, -0.25) is 0 Å². The number of likely N-dealkylation sites (N-methyl/N-ethyl adjacent to an activating group) is 1. The minimum Gasteiger partial charge on any atom is -0.489 e. The maximum atomic E-state index is 6.25. The van der Waals surface area contributed by atoms with Crippen LogP contribution in [0.15, 0.2) is 66.7 Å². The number of rotatable bonds is 8. The van der Waals surface area contributed by atoms with Crippen LogP contribution in [-0.4, -0.2) is 54.8 Å². The Morgan fingerprint density at radius 3 is 2.61 bits per heavy atom. The molecule has 2 aliphatic rings. The van der Waals surface area contributed by atoms with E-state index in [2.05, 4.69) is 70.4 Å². The van der Waals surface area contributed by atoms with Gasteiger partial charge in [-0.2, -0.15) is 9.97 Å². The molecule has 0 amide bonds. The van der Waals surface area contributed by atoms with Gasteiger partial charge in [0.25, 0.3) is 0 Å². The third-order valence-electron chi connectivity index (χ3n) is 7.68. The van der Waals surface area contributed by atoms with Crippen molar-refractivity contribution in [2.24, 2.45) is 0 Å². The van der Waals surface area contributed by atoms with Crippen LogP contribution in [0.4, 0.5) is 5.69 Å². The molecule has 0 aliphatic carbocycles. The summed E-state index contributed by atoms with van der Waals surface area (Å²) in [6.45, 7) is 3.72. The first-order valence-electron chi connectivity index (χ1n) is 13.4. The van der Waals surface area contributed by atoms with Crippen LogP contribution in [0.5, 0.6) is 17.6 Å². The lowest BCUT2D eigenvalue weighted by molar-refractivity contribution is 0.185. The zero-order valence-electron chi connectivity index (χ0n) is 22.1. The van der Waals surface area contributed by atoms with Crippen molar-refractivity contribution in [1.29, 1.82) is 0 Å². The average Bonchev–Trinajstić information content (AvgIpc) is 3.38. The van der Waals surface area contributed by atoms with Gasteiger partial charge < -0.3 is 24.0 Å². The first-order valence-corrected chi connectivity index (χ1v) is 13.4. The van der Waals surface area contributed by atoms with Gasteiger partial charge in [-0.1, -0.05) is 54.6 Å². The molecule has 1 saturated heterocycles. The van der Waals surface area contributed by atoms with Crippen LogP contribution < -0.4 is 19.1 Å². The van der Waals surface area contributed by atoms with Gasteiger partial charge in [0.15, 0.2) is 0 Å². The van der Waals surface area contributed by atoms with Crippen molar-refractivity contribution in [2.45, 2.75) is 38.5 Å². The number of anilines is 1. The van der Waals surface area contributed by atoms with Gasteiger partial charge in [-0.05, 0) is 49.9 Å². The van der Waals surface area contributed by atoms with E-state index in [0.29, 0.717) is 37.7 Å². The Labute approximate surface area is 224 Å². The van der Waals surface area contributed by atoms with Crippen LogP contribution in [-0.2, 0) is 19.6 Å². The van der Waals surface area contributed by atoms with Crippen LogP contribution in [0.1, 0.15) is 29.7 Å². The summed E-state index contributed by atoms with van der Waals surface area (Å²) in [6.07, 6.45) is 3.14. The molecule has 2 aliphatic heterocycles. The molecule has 196 valence electrons. The topological polar surface area (TPSA) is 60.0 Å². The fourth-order valence-corrected chi connectivity index (χ4v) is 5.52. The van der Waals surface area contributed by atoms with Crippen molar-refractivity contribution in [2.75, 3.05) is 38.8 Å². The molecule has 0 radical (unpaired) electrons. The van der Waals surface area contributed by atoms with Gasteiger partial charge in [0.05, 0.1) is 19.3 Å². The lowest BCUT2D eigenvalue weighted by atomic mass is 10.0. The van der Waals surface area contributed by atoms with Gasteiger partial charge in [0.1, 0.15) is 19.0 Å². The van der Waals surface area contributed by atoms with Crippen LogP contribution in [0.2, 0.25) is 0 Å². The van der Waals surface area contributed by atoms with Crippen LogP contribution in [0.3, 0.4) is 0 Å². The molecule has 0 bridgehead atoms. The molecule has 3 heterocycles. The Balaban J connectivity index is 1.27. The molecule has 1 unspecified atom stereocenters. The molecule has 1 aromatic heterocycles. The third-order valence-corrected chi connectivity index (χ3v) is 7.68. The van der Waals surface area contributed by atoms with Crippen LogP contribution in [0.25, 0.3) is 10.8 Å². The van der Waals surface area contributed by atoms with Gasteiger partial charge in [-0.25, -0.2) is 0 Å². The normalized spacial score (nSPS) is 17.4. The number of methoxy groups -OCH3 is 1. The first kappa shape index (κ1) is 24.5. The van der Waals surface area contributed by atoms with Gasteiger partial charge >= 0.3 is 6.01 Å². The molecule has 1 fully saturated rings. The summed E-state index contributed by atoms with van der Waals surface area (Å²) in [7, 11) is 3.82. The lowest BCUT2D eigenvalue weighted by Crippen LogP contribution is -2.33. The van der Waals surface area contributed by atoms with Crippen LogP contribution in [0, 0.1) is 0 Å². The average molecular weight is 511 g/mol. The highest BCUT2D eigenvalue weighted by Crippen LogP contribution is 2.36. The largest absolute Gasteiger partial charge is 0.489 e. The second-order valence-corrected chi connectivity index (χ2v) is 10.1. The molecular formula is C31H34N4O3. The highest BCUT2D eigenvalue weighted by Gasteiger charge is 2.26. The summed E-state index contributed by atoms with van der Waals surface area (Å²) >= 11 is 0. The predicted octanol–water partition coefficient (Wildman–Crippen LogP) is 5.25. The Morgan fingerprint density at radius 2 is 1.79 bits per heavy atom. The van der Waals surface area contributed by atoms with E-state index >= 15 is 0 Å². The van der Waals surface area contributed by atoms with E-state index in [4.69, 9.17) is 19.2 Å². The molecule has 0 saturated carbocycles. The van der Waals surface area contributed by atoms with Crippen molar-refractivity contribution in [3.05, 3.63) is 83.6 Å². The van der Waals surface area contributed by atoms with Crippen molar-refractivity contribution in [1.82, 2.24) is 14.9 Å². The smallest absolute Gasteiger partial charge is 0.320 e. The summed E-state index contributed by atoms with van der Waals surface area (Å²) in [5.74, 6) is 1.48. The van der Waals surface area contributed by atoms with Gasteiger partial charge in [0.2, 0.25) is 5.88 Å². The van der Waals surface area contributed by atoms with E-state index < -0.39 is 0 Å². The molecule has 0 spiro atoms. The van der Waals surface area contributed by atoms with E-state index in [1.54, 1.807) is 7.11 Å². The summed E-state index contributed by atoms with van der Waals surface area (Å²) in [4.78, 5) is 14.2. The fourth-order valence-electron chi connectivity index (χ4n) is 5.52. The standard InChI is InChI=1S/C31H34N4O3/c1-34-15-8-12-24(34)21-38-31-32-28-19-35(16-14-27(28)30(33-31)36-2)29-18-25(17-23-11-6-7-13-26(23)29)37-20-22-9-4-3-5-10-22/h3-7,9-11,13,17-18,24H,8,12,14-16,19-21H2,1-2H3. The summed E-state index contributed by atoms with van der Waals surface area (Å²) in [5.41, 5.74) is 4.31. The second-order valence-electron chi connectivity index (χ2n) is 10.1. The summed E-state index contributed by atoms with van der Waals surface area (Å²) in [6, 6.07) is 23.8. The summed E-state index contributed by atoms with van der Waals surface area (Å²) in [5, 5.41) is 2.36. The molecule has 1 atom stereocenters. The number of likely N-dealkylation sites (tertiary alicyclic amines) is 1. The molecule has 38 heavy (non-hydrogen) atoms. The zero-order chi connectivity index (χ0) is 25.9. The van der Waals surface area contributed by atoms with E-state index in [1.165, 1.54) is 11.8 Å². The predicted molar refractivity (Wildman–Crippen MR) is 149 cm³/mol. The van der Waals surface area contributed by atoms with Crippen LogP contribution >= 0.6 is 0 Å². The molecule has 7 heteroatoms. The van der Waals surface area contributed by atoms with Gasteiger partial charge in [0, 0.05) is 35.3 Å². The molecule has 6 rings (SSSR count). The number of hydrogen-bond donors (Lipinski definition) is 0. The summed E-state index contributed by atoms with van der Waals surface area (Å²) < 4.78 is 18.0. The van der Waals surface area contributed by atoms with Crippen molar-refractivity contribution < 1.29 is 14.2 Å². The first-order chi connectivity index (χ1) is 18.7. The van der Waals surface area contributed by atoms with Crippen molar-refractivity contribution in [3.8, 4) is 17.6 Å². The number of fused-ring (bicyclic) bond motifs is 2. The monoisotopic (exact) mass is 510 g/mol. The maximum Gasteiger partial charge on any atom is 0.320 e. The van der Waals surface area contributed by atoms with E-state index in [0.717, 1.165) is 59.6 Å². The van der Waals surface area contributed by atoms with E-state index in [1.807, 2.05) is 18.2 Å². The quantitative estimate of drug-likeness (QED) is 0.321. The Morgan fingerprint density at radius 1 is 0.947 bits per heavy atom. The number of hydrogen-bond acceptors (Lipinski definition) is 7. The molecule has 7 nitrogen and oxygen atoms in total. The third kappa shape index (κ3) is 5.11. The molecular weight excluding hydrogens is 476 g/mol. The minimum atomic E-state index is 0.396. The maximum absolute atomic E-state index is 6.25. The minimum absolute atomic E-state index is 0.396. The zero-order valence-corrected chi connectivity index (χ0v) is 22.1. The SMILES string of the molecule is COc1nc(OCC2CCCN2C)nc2c1CCN(c1cc(OCc3ccccc3)cc3ccccc13)C2. The Kier molecular flexibility index (Phi) is 7.01. The van der Waals surface area contributed by atoms with Gasteiger partial charge in [-0.15, -0.1) is 0 Å². The number of ether oxygens (including phenoxy) is 3. The second kappa shape index (κ2) is 10.9. The van der Waals surface area contributed by atoms with E-state index in [9.17, 15) is 0 Å². The number of nitrogens with zero attached hydrogens (tertiary/aromatic N) is 4. The fraction of sp³-hybridized carbons (Fsp3) is 0.355. The van der Waals surface area contributed by atoms with Crippen molar-refractivity contribution in [3.63, 3.8) is 0 Å². The Hall–Kier alpha value is -3.84. The molecule has 0 N–H and O–H groups in total.